The number of nitrogens with one attached hydrogen (secondary N) is 1. The number of hydrogen-bond acceptors (Lipinski definition) is 5. The van der Waals surface area contributed by atoms with Crippen LogP contribution in [0.15, 0.2) is 4.52 Å². The molecule has 0 unspecified atom stereocenters. The largest absolute Gasteiger partial charge is 0.388 e. The zero-order valence-electron chi connectivity index (χ0n) is 13.7. The van der Waals surface area contributed by atoms with Crippen molar-refractivity contribution in [3.63, 3.8) is 0 Å². The Morgan fingerprint density at radius 3 is 2.70 bits per heavy atom. The molecule has 2 aliphatic rings. The van der Waals surface area contributed by atoms with Gasteiger partial charge in [-0.25, -0.2) is 0 Å². The summed E-state index contributed by atoms with van der Waals surface area (Å²) in [5.41, 5.74) is -0.711. The topological polar surface area (TPSA) is 88.2 Å². The van der Waals surface area contributed by atoms with Gasteiger partial charge in [0.15, 0.2) is 5.82 Å². The minimum absolute atomic E-state index is 0.00963. The van der Waals surface area contributed by atoms with E-state index in [1.165, 1.54) is 12.8 Å². The SMILES string of the molecule is O=C(CCCc1nc(C2CC2)no1)NCC1(O)CCCCCC1. The lowest BCUT2D eigenvalue weighted by atomic mass is 9.94. The molecule has 0 aliphatic heterocycles. The molecule has 6 heteroatoms. The van der Waals surface area contributed by atoms with Gasteiger partial charge in [-0.05, 0) is 32.1 Å². The van der Waals surface area contributed by atoms with Gasteiger partial charge in [0.2, 0.25) is 11.8 Å². The summed E-state index contributed by atoms with van der Waals surface area (Å²) >= 11 is 0. The van der Waals surface area contributed by atoms with Crippen molar-refractivity contribution in [2.75, 3.05) is 6.54 Å². The summed E-state index contributed by atoms with van der Waals surface area (Å²) in [5, 5.41) is 17.4. The zero-order chi connectivity index (χ0) is 16.1. The standard InChI is InChI=1S/C17H27N3O3/c21-14(18-12-17(22)10-3-1-2-4-11-17)6-5-7-15-19-16(20-23-15)13-8-9-13/h13,22H,1-12H2,(H,18,21). The van der Waals surface area contributed by atoms with E-state index in [9.17, 15) is 9.90 Å². The number of carbonyl (C=O) groups is 1. The Morgan fingerprint density at radius 1 is 1.26 bits per heavy atom. The van der Waals surface area contributed by atoms with Gasteiger partial charge in [0.05, 0.1) is 5.60 Å². The smallest absolute Gasteiger partial charge is 0.226 e. The van der Waals surface area contributed by atoms with E-state index in [1.54, 1.807) is 0 Å². The predicted molar refractivity (Wildman–Crippen MR) is 84.9 cm³/mol. The van der Waals surface area contributed by atoms with E-state index in [0.29, 0.717) is 37.6 Å². The molecule has 6 nitrogen and oxygen atoms in total. The second-order valence-electron chi connectivity index (χ2n) is 7.09. The maximum Gasteiger partial charge on any atom is 0.226 e. The first-order valence-electron chi connectivity index (χ1n) is 8.96. The first-order valence-corrected chi connectivity index (χ1v) is 8.96. The van der Waals surface area contributed by atoms with E-state index in [4.69, 9.17) is 4.52 Å². The van der Waals surface area contributed by atoms with Gasteiger partial charge in [-0.2, -0.15) is 4.98 Å². The first-order chi connectivity index (χ1) is 11.1. The van der Waals surface area contributed by atoms with Crippen molar-refractivity contribution >= 4 is 5.91 Å². The molecule has 0 saturated heterocycles. The van der Waals surface area contributed by atoms with Crippen molar-refractivity contribution in [2.45, 2.75) is 82.1 Å². The number of nitrogens with zero attached hydrogens (tertiary/aromatic N) is 2. The van der Waals surface area contributed by atoms with Crippen LogP contribution in [-0.4, -0.2) is 33.3 Å². The van der Waals surface area contributed by atoms with Crippen molar-refractivity contribution in [3.8, 4) is 0 Å². The molecule has 3 rings (SSSR count). The maximum absolute atomic E-state index is 11.9. The molecule has 1 aromatic heterocycles. The lowest BCUT2D eigenvalue weighted by Crippen LogP contribution is -2.42. The quantitative estimate of drug-likeness (QED) is 0.753. The van der Waals surface area contributed by atoms with E-state index in [-0.39, 0.29) is 5.91 Å². The molecular formula is C17H27N3O3. The Kier molecular flexibility index (Phi) is 5.30. The summed E-state index contributed by atoms with van der Waals surface area (Å²) in [7, 11) is 0. The van der Waals surface area contributed by atoms with E-state index >= 15 is 0 Å². The normalized spacial score (nSPS) is 20.9. The average molecular weight is 321 g/mol. The van der Waals surface area contributed by atoms with Gasteiger partial charge >= 0.3 is 0 Å². The summed E-state index contributed by atoms with van der Waals surface area (Å²) in [6.07, 6.45) is 10.1. The predicted octanol–water partition coefficient (Wildman–Crippen LogP) is 2.47. The molecule has 1 amide bonds. The van der Waals surface area contributed by atoms with Crippen LogP contribution in [0.5, 0.6) is 0 Å². The highest BCUT2D eigenvalue weighted by atomic mass is 16.5. The van der Waals surface area contributed by atoms with Crippen molar-refractivity contribution in [3.05, 3.63) is 11.7 Å². The molecule has 0 atom stereocenters. The maximum atomic E-state index is 11.9. The van der Waals surface area contributed by atoms with Crippen molar-refractivity contribution in [2.24, 2.45) is 0 Å². The van der Waals surface area contributed by atoms with Gasteiger partial charge in [0, 0.05) is 25.3 Å². The van der Waals surface area contributed by atoms with Gasteiger partial charge in [-0.3, -0.25) is 4.79 Å². The fraction of sp³-hybridized carbons (Fsp3) is 0.824. The van der Waals surface area contributed by atoms with Gasteiger partial charge in [-0.1, -0.05) is 30.8 Å². The van der Waals surface area contributed by atoms with Crippen LogP contribution in [0.3, 0.4) is 0 Å². The molecule has 2 aliphatic carbocycles. The Hall–Kier alpha value is -1.43. The summed E-state index contributed by atoms with van der Waals surface area (Å²) in [6, 6.07) is 0. The summed E-state index contributed by atoms with van der Waals surface area (Å²) in [6.45, 7) is 0.373. The minimum atomic E-state index is -0.711. The Morgan fingerprint density at radius 2 is 2.00 bits per heavy atom. The fourth-order valence-electron chi connectivity index (χ4n) is 3.19. The third-order valence-corrected chi connectivity index (χ3v) is 4.87. The molecule has 2 fully saturated rings. The highest BCUT2D eigenvalue weighted by Crippen LogP contribution is 2.38. The van der Waals surface area contributed by atoms with Crippen molar-refractivity contribution < 1.29 is 14.4 Å². The molecule has 128 valence electrons. The molecule has 23 heavy (non-hydrogen) atoms. The van der Waals surface area contributed by atoms with Crippen LogP contribution >= 0.6 is 0 Å². The van der Waals surface area contributed by atoms with E-state index in [1.807, 2.05) is 0 Å². The van der Waals surface area contributed by atoms with Crippen molar-refractivity contribution in [1.29, 1.82) is 0 Å². The van der Waals surface area contributed by atoms with Gasteiger partial charge in [0.25, 0.3) is 0 Å². The molecule has 0 bridgehead atoms. The Balaban J connectivity index is 1.34. The van der Waals surface area contributed by atoms with Gasteiger partial charge < -0.3 is 14.9 Å². The number of aliphatic hydroxyl groups is 1. The summed E-state index contributed by atoms with van der Waals surface area (Å²) in [4.78, 5) is 16.3. The second-order valence-corrected chi connectivity index (χ2v) is 7.09. The van der Waals surface area contributed by atoms with Crippen LogP contribution in [0, 0.1) is 0 Å². The number of rotatable bonds is 7. The lowest BCUT2D eigenvalue weighted by molar-refractivity contribution is -0.122. The molecule has 1 aromatic rings. The number of hydrogen-bond donors (Lipinski definition) is 2. The van der Waals surface area contributed by atoms with Crippen LogP contribution in [0.1, 0.15) is 81.8 Å². The van der Waals surface area contributed by atoms with E-state index < -0.39 is 5.60 Å². The lowest BCUT2D eigenvalue weighted by Gasteiger charge is -2.26. The molecule has 1 heterocycles. The first kappa shape index (κ1) is 16.4. The zero-order valence-corrected chi connectivity index (χ0v) is 13.7. The van der Waals surface area contributed by atoms with Crippen molar-refractivity contribution in [1.82, 2.24) is 15.5 Å². The summed E-state index contributed by atoms with van der Waals surface area (Å²) < 4.78 is 5.20. The van der Waals surface area contributed by atoms with Crippen LogP contribution in [0.4, 0.5) is 0 Å². The molecule has 0 aromatic carbocycles. The highest BCUT2D eigenvalue weighted by molar-refractivity contribution is 5.75. The van der Waals surface area contributed by atoms with Crippen LogP contribution < -0.4 is 5.32 Å². The molecule has 2 saturated carbocycles. The monoisotopic (exact) mass is 321 g/mol. The minimum Gasteiger partial charge on any atom is -0.388 e. The van der Waals surface area contributed by atoms with Gasteiger partial charge in [0.1, 0.15) is 0 Å². The average Bonchev–Trinajstić information content (AvgIpc) is 3.32. The summed E-state index contributed by atoms with van der Waals surface area (Å²) in [5.74, 6) is 1.93. The van der Waals surface area contributed by atoms with Gasteiger partial charge in [-0.15, -0.1) is 0 Å². The molecule has 0 radical (unpaired) electrons. The second kappa shape index (κ2) is 7.43. The number of aromatic nitrogens is 2. The Bertz CT molecular complexity index is 517. The van der Waals surface area contributed by atoms with E-state index in [0.717, 1.165) is 44.3 Å². The van der Waals surface area contributed by atoms with Crippen LogP contribution in [0.2, 0.25) is 0 Å². The molecule has 0 spiro atoms. The number of aryl methyl sites for hydroxylation is 1. The molecular weight excluding hydrogens is 294 g/mol. The van der Waals surface area contributed by atoms with E-state index in [2.05, 4.69) is 15.5 Å². The third kappa shape index (κ3) is 5.03. The third-order valence-electron chi connectivity index (χ3n) is 4.87. The fourth-order valence-corrected chi connectivity index (χ4v) is 3.19. The van der Waals surface area contributed by atoms with Crippen LogP contribution in [-0.2, 0) is 11.2 Å². The number of amides is 1. The molecule has 2 N–H and O–H groups in total. The van der Waals surface area contributed by atoms with Crippen LogP contribution in [0.25, 0.3) is 0 Å². The Labute approximate surface area is 137 Å². The number of carbonyl (C=O) groups excluding carboxylic acids is 1. The highest BCUT2D eigenvalue weighted by Gasteiger charge is 2.29.